The van der Waals surface area contributed by atoms with Crippen LogP contribution >= 0.6 is 11.6 Å². The highest BCUT2D eigenvalue weighted by Gasteiger charge is 2.59. The first-order valence-electron chi connectivity index (χ1n) is 9.35. The van der Waals surface area contributed by atoms with Crippen molar-refractivity contribution in [3.63, 3.8) is 0 Å². The highest BCUT2D eigenvalue weighted by atomic mass is 35.5. The number of halogens is 4. The normalized spacial score (nSPS) is 18.4. The number of sulfone groups is 1. The number of aromatic amines is 1. The molecule has 0 saturated carbocycles. The molecule has 31 heavy (non-hydrogen) atoms. The van der Waals surface area contributed by atoms with Crippen molar-refractivity contribution in [2.75, 3.05) is 7.11 Å². The van der Waals surface area contributed by atoms with E-state index in [1.54, 1.807) is 18.2 Å². The average Bonchev–Trinajstić information content (AvgIpc) is 3.11. The van der Waals surface area contributed by atoms with E-state index < -0.39 is 43.3 Å². The lowest BCUT2D eigenvalue weighted by Crippen LogP contribution is -2.51. The maximum atomic E-state index is 16.3. The number of nitrogens with one attached hydrogen (secondary N) is 1. The van der Waals surface area contributed by atoms with Crippen LogP contribution in [0.5, 0.6) is 0 Å². The first kappa shape index (κ1) is 21.7. The van der Waals surface area contributed by atoms with Gasteiger partial charge in [-0.3, -0.25) is 0 Å². The monoisotopic (exact) mass is 471 g/mol. The molecule has 1 unspecified atom stereocenters. The van der Waals surface area contributed by atoms with Crippen LogP contribution in [0.25, 0.3) is 10.9 Å². The molecule has 10 heteroatoms. The van der Waals surface area contributed by atoms with Gasteiger partial charge in [-0.2, -0.15) is 0 Å². The van der Waals surface area contributed by atoms with Crippen LogP contribution in [0.3, 0.4) is 0 Å². The van der Waals surface area contributed by atoms with E-state index in [9.17, 15) is 22.0 Å². The van der Waals surface area contributed by atoms with Crippen molar-refractivity contribution in [2.24, 2.45) is 5.92 Å². The molecule has 1 heterocycles. The summed E-state index contributed by atoms with van der Waals surface area (Å²) in [5.74, 6) is -5.67. The number of benzene rings is 2. The second-order valence-corrected chi connectivity index (χ2v) is 9.94. The van der Waals surface area contributed by atoms with E-state index in [1.807, 2.05) is 0 Å². The quantitative estimate of drug-likeness (QED) is 0.448. The number of rotatable bonds is 4. The van der Waals surface area contributed by atoms with E-state index in [-0.39, 0.29) is 19.3 Å². The fourth-order valence-electron chi connectivity index (χ4n) is 4.17. The Kier molecular flexibility index (Phi) is 5.29. The first-order chi connectivity index (χ1) is 14.6. The Labute approximate surface area is 181 Å². The van der Waals surface area contributed by atoms with Gasteiger partial charge in [0.15, 0.2) is 11.6 Å². The third-order valence-corrected chi connectivity index (χ3v) is 8.12. The van der Waals surface area contributed by atoms with Crippen LogP contribution in [0.2, 0.25) is 5.02 Å². The molecular formula is C21H17ClF3NO4S. The van der Waals surface area contributed by atoms with Gasteiger partial charge in [-0.25, -0.2) is 26.4 Å². The van der Waals surface area contributed by atoms with Gasteiger partial charge in [0.25, 0.3) is 0 Å². The lowest BCUT2D eigenvalue weighted by Gasteiger charge is -2.33. The number of aryl methyl sites for hydroxylation is 1. The van der Waals surface area contributed by atoms with Gasteiger partial charge < -0.3 is 9.72 Å². The minimum absolute atomic E-state index is 0.0149. The van der Waals surface area contributed by atoms with E-state index in [4.69, 9.17) is 11.6 Å². The van der Waals surface area contributed by atoms with Crippen LogP contribution < -0.4 is 0 Å². The number of ether oxygens (including phenoxy) is 1. The number of carbonyl (C=O) groups excluding carboxylic acids is 1. The Morgan fingerprint density at radius 3 is 2.61 bits per heavy atom. The summed E-state index contributed by atoms with van der Waals surface area (Å²) in [5.41, 5.74) is 2.20. The fraction of sp³-hybridized carbons (Fsp3) is 0.286. The molecule has 2 atom stereocenters. The Morgan fingerprint density at radius 2 is 1.94 bits per heavy atom. The topological polar surface area (TPSA) is 76.2 Å². The zero-order valence-electron chi connectivity index (χ0n) is 16.2. The molecule has 3 aromatic rings. The molecule has 5 nitrogen and oxygen atoms in total. The van der Waals surface area contributed by atoms with Crippen LogP contribution in [-0.4, -0.2) is 31.5 Å². The molecule has 2 aromatic carbocycles. The number of methoxy groups -OCH3 is 1. The van der Waals surface area contributed by atoms with Crippen LogP contribution in [-0.2, 0) is 32.2 Å². The molecule has 4 rings (SSSR count). The van der Waals surface area contributed by atoms with Crippen LogP contribution in [0, 0.1) is 17.6 Å². The molecule has 0 aliphatic heterocycles. The highest BCUT2D eigenvalue weighted by Crippen LogP contribution is 2.44. The maximum absolute atomic E-state index is 16.3. The Balaban J connectivity index is 1.80. The van der Waals surface area contributed by atoms with Crippen molar-refractivity contribution >= 4 is 38.3 Å². The summed E-state index contributed by atoms with van der Waals surface area (Å²) in [6, 6.07) is 6.86. The molecule has 0 spiro atoms. The summed E-state index contributed by atoms with van der Waals surface area (Å²) in [6.45, 7) is 0. The van der Waals surface area contributed by atoms with Gasteiger partial charge in [0.05, 0.1) is 12.0 Å². The number of hydrogen-bond acceptors (Lipinski definition) is 4. The van der Waals surface area contributed by atoms with Crippen molar-refractivity contribution in [3.8, 4) is 0 Å². The largest absolute Gasteiger partial charge is 0.466 e. The second kappa shape index (κ2) is 7.56. The molecule has 0 saturated heterocycles. The van der Waals surface area contributed by atoms with Gasteiger partial charge in [-0.1, -0.05) is 11.6 Å². The van der Waals surface area contributed by atoms with Gasteiger partial charge in [-0.05, 0) is 61.2 Å². The third-order valence-electron chi connectivity index (χ3n) is 5.73. The van der Waals surface area contributed by atoms with Crippen molar-refractivity contribution in [1.82, 2.24) is 4.98 Å². The van der Waals surface area contributed by atoms with Gasteiger partial charge in [0, 0.05) is 27.5 Å². The molecule has 0 radical (unpaired) electrons. The van der Waals surface area contributed by atoms with Crippen LogP contribution in [0.4, 0.5) is 13.2 Å². The minimum Gasteiger partial charge on any atom is -0.466 e. The maximum Gasteiger partial charge on any atom is 0.360 e. The summed E-state index contributed by atoms with van der Waals surface area (Å²) in [6.07, 6.45) is 0.202. The standard InChI is InChI=1S/C21H17ClF3NO4S/c1-30-20(27)21(25,31(28,29)13-4-6-16(23)17(24)10-13)11-2-5-14-15-9-12(22)3-7-18(15)26-19(14)8-11/h3-4,6-7,9-11,26H,2,5,8H2,1H3/t11-,21?/m1/s1. The van der Waals surface area contributed by atoms with E-state index in [2.05, 4.69) is 9.72 Å². The second-order valence-electron chi connectivity index (χ2n) is 7.43. The first-order valence-corrected chi connectivity index (χ1v) is 11.2. The highest BCUT2D eigenvalue weighted by molar-refractivity contribution is 7.93. The van der Waals surface area contributed by atoms with Crippen LogP contribution in [0.1, 0.15) is 17.7 Å². The minimum atomic E-state index is -5.07. The molecule has 164 valence electrons. The Hall–Kier alpha value is -2.52. The predicted molar refractivity (Wildman–Crippen MR) is 108 cm³/mol. The Morgan fingerprint density at radius 1 is 1.19 bits per heavy atom. The molecule has 1 aromatic heterocycles. The zero-order valence-corrected chi connectivity index (χ0v) is 17.8. The van der Waals surface area contributed by atoms with Crippen molar-refractivity contribution in [2.45, 2.75) is 29.2 Å². The third kappa shape index (κ3) is 3.30. The van der Waals surface area contributed by atoms with Gasteiger partial charge in [0.2, 0.25) is 9.84 Å². The summed E-state index contributed by atoms with van der Waals surface area (Å²) in [7, 11) is -4.20. The molecular weight excluding hydrogens is 455 g/mol. The van der Waals surface area contributed by atoms with E-state index in [0.29, 0.717) is 22.8 Å². The molecule has 1 aliphatic carbocycles. The summed E-state index contributed by atoms with van der Waals surface area (Å²) < 4.78 is 74.0. The molecule has 0 bridgehead atoms. The number of aromatic nitrogens is 1. The van der Waals surface area contributed by atoms with Gasteiger partial charge in [0.1, 0.15) is 0 Å². The van der Waals surface area contributed by atoms with E-state index >= 15 is 4.39 Å². The summed E-state index contributed by atoms with van der Waals surface area (Å²) in [5, 5.41) is -2.13. The Bertz CT molecular complexity index is 1310. The summed E-state index contributed by atoms with van der Waals surface area (Å²) in [4.78, 5) is 14.8. The molecule has 1 N–H and O–H groups in total. The number of hydrogen-bond donors (Lipinski definition) is 1. The van der Waals surface area contributed by atoms with E-state index in [0.717, 1.165) is 29.6 Å². The fourth-order valence-corrected chi connectivity index (χ4v) is 6.13. The van der Waals surface area contributed by atoms with Crippen LogP contribution in [0.15, 0.2) is 41.3 Å². The molecule has 1 aliphatic rings. The number of esters is 1. The molecule has 0 amide bonds. The van der Waals surface area contributed by atoms with Crippen molar-refractivity contribution < 1.29 is 31.1 Å². The predicted octanol–water partition coefficient (Wildman–Crippen LogP) is 4.52. The van der Waals surface area contributed by atoms with Crippen molar-refractivity contribution in [1.29, 1.82) is 0 Å². The number of carbonyl (C=O) groups is 1. The van der Waals surface area contributed by atoms with Crippen molar-refractivity contribution in [3.05, 3.63) is 64.3 Å². The number of alkyl halides is 1. The lowest BCUT2D eigenvalue weighted by molar-refractivity contribution is -0.152. The SMILES string of the molecule is COC(=O)C(F)([C@@H]1CCc2c([nH]c3ccc(Cl)cc23)C1)S(=O)(=O)c1ccc(F)c(F)c1. The van der Waals surface area contributed by atoms with Gasteiger partial charge >= 0.3 is 11.0 Å². The average molecular weight is 472 g/mol. The number of H-pyrrole nitrogens is 1. The van der Waals surface area contributed by atoms with E-state index in [1.165, 1.54) is 0 Å². The smallest absolute Gasteiger partial charge is 0.360 e. The zero-order chi connectivity index (χ0) is 22.6. The summed E-state index contributed by atoms with van der Waals surface area (Å²) >= 11 is 6.06. The van der Waals surface area contributed by atoms with Gasteiger partial charge in [-0.15, -0.1) is 0 Å². The number of fused-ring (bicyclic) bond motifs is 3. The molecule has 0 fully saturated rings. The lowest BCUT2D eigenvalue weighted by atomic mass is 9.83.